The lowest BCUT2D eigenvalue weighted by Crippen LogP contribution is -2.31. The lowest BCUT2D eigenvalue weighted by molar-refractivity contribution is 0.239. The van der Waals surface area contributed by atoms with Crippen LogP contribution in [0.1, 0.15) is 17.0 Å². The van der Waals surface area contributed by atoms with Crippen LogP contribution in [0.25, 0.3) is 0 Å². The summed E-state index contributed by atoms with van der Waals surface area (Å²) in [4.78, 5) is 11.2. The molecule has 100 valence electrons. The molecule has 0 saturated heterocycles. The number of aromatic nitrogens is 4. The molecule has 3 heterocycles. The van der Waals surface area contributed by atoms with E-state index in [0.717, 1.165) is 36.9 Å². The number of halogens is 1. The monoisotopic (exact) mass is 295 g/mol. The molecule has 1 aliphatic rings. The number of aromatic amines is 1. The number of thioether (sulfide) groups is 1. The van der Waals surface area contributed by atoms with Gasteiger partial charge in [0, 0.05) is 37.8 Å². The van der Waals surface area contributed by atoms with Crippen molar-refractivity contribution in [1.29, 1.82) is 0 Å². The summed E-state index contributed by atoms with van der Waals surface area (Å²) >= 11 is 7.63. The van der Waals surface area contributed by atoms with E-state index in [2.05, 4.69) is 25.1 Å². The Hall–Kier alpha value is -1.11. The van der Waals surface area contributed by atoms with Crippen LogP contribution in [-0.2, 0) is 19.5 Å². The topological polar surface area (TPSA) is 57.7 Å². The van der Waals surface area contributed by atoms with Crippen molar-refractivity contribution in [2.24, 2.45) is 0 Å². The van der Waals surface area contributed by atoms with E-state index in [1.165, 1.54) is 11.3 Å². The van der Waals surface area contributed by atoms with Crippen LogP contribution < -0.4 is 0 Å². The van der Waals surface area contributed by atoms with Crippen molar-refractivity contribution >= 4 is 23.4 Å². The predicted octanol–water partition coefficient (Wildman–Crippen LogP) is 2.13. The summed E-state index contributed by atoms with van der Waals surface area (Å²) in [7, 11) is 0. The highest BCUT2D eigenvalue weighted by Gasteiger charge is 2.19. The maximum atomic E-state index is 6.05. The molecule has 0 amide bonds. The quantitative estimate of drug-likeness (QED) is 0.694. The van der Waals surface area contributed by atoms with Crippen molar-refractivity contribution in [2.45, 2.75) is 24.7 Å². The molecule has 0 spiro atoms. The predicted molar refractivity (Wildman–Crippen MR) is 75.2 cm³/mol. The van der Waals surface area contributed by atoms with Gasteiger partial charge in [0.15, 0.2) is 5.16 Å². The van der Waals surface area contributed by atoms with E-state index < -0.39 is 0 Å². The molecule has 0 saturated carbocycles. The Morgan fingerprint density at radius 1 is 1.47 bits per heavy atom. The molecule has 0 fully saturated rings. The van der Waals surface area contributed by atoms with Crippen LogP contribution >= 0.6 is 23.4 Å². The SMILES string of the molecule is CSc1ncc2c(n1)CCN(Cc1[nH]ncc1Cl)C2. The summed E-state index contributed by atoms with van der Waals surface area (Å²) in [5.74, 6) is 0. The van der Waals surface area contributed by atoms with Gasteiger partial charge in [0.1, 0.15) is 0 Å². The standard InChI is InChI=1S/C12H14ClN5S/c1-19-12-14-4-8-6-18(3-2-10(8)16-12)7-11-9(13)5-15-17-11/h4-5H,2-3,6-7H2,1H3,(H,15,17). The van der Waals surface area contributed by atoms with Gasteiger partial charge >= 0.3 is 0 Å². The van der Waals surface area contributed by atoms with Gasteiger partial charge in [-0.1, -0.05) is 23.4 Å². The van der Waals surface area contributed by atoms with Crippen molar-refractivity contribution in [3.8, 4) is 0 Å². The number of hydrogen-bond acceptors (Lipinski definition) is 5. The molecule has 7 heteroatoms. The second-order valence-electron chi connectivity index (χ2n) is 4.49. The summed E-state index contributed by atoms with van der Waals surface area (Å²) in [5, 5.41) is 8.42. The summed E-state index contributed by atoms with van der Waals surface area (Å²) < 4.78 is 0. The molecule has 2 aromatic rings. The average molecular weight is 296 g/mol. The number of nitrogens with zero attached hydrogens (tertiary/aromatic N) is 4. The molecule has 0 radical (unpaired) electrons. The van der Waals surface area contributed by atoms with Crippen molar-refractivity contribution < 1.29 is 0 Å². The Bertz CT molecular complexity index is 585. The molecule has 3 rings (SSSR count). The first-order valence-corrected chi connectivity index (χ1v) is 7.65. The van der Waals surface area contributed by atoms with E-state index in [1.54, 1.807) is 18.0 Å². The van der Waals surface area contributed by atoms with Crippen LogP contribution in [0.3, 0.4) is 0 Å². The Morgan fingerprint density at radius 3 is 3.11 bits per heavy atom. The molecule has 1 N–H and O–H groups in total. The number of rotatable bonds is 3. The molecule has 1 aliphatic heterocycles. The van der Waals surface area contributed by atoms with Gasteiger partial charge in [0.2, 0.25) is 0 Å². The van der Waals surface area contributed by atoms with Crippen LogP contribution in [0, 0.1) is 0 Å². The fourth-order valence-electron chi connectivity index (χ4n) is 2.22. The number of H-pyrrole nitrogens is 1. The second kappa shape index (κ2) is 5.48. The van der Waals surface area contributed by atoms with E-state index in [0.29, 0.717) is 5.02 Å². The van der Waals surface area contributed by atoms with Gasteiger partial charge in [-0.15, -0.1) is 0 Å². The first-order valence-electron chi connectivity index (χ1n) is 6.05. The summed E-state index contributed by atoms with van der Waals surface area (Å²) in [6.07, 6.45) is 6.53. The Kier molecular flexibility index (Phi) is 3.72. The largest absolute Gasteiger partial charge is 0.293 e. The molecular weight excluding hydrogens is 282 g/mol. The second-order valence-corrected chi connectivity index (χ2v) is 5.67. The van der Waals surface area contributed by atoms with Gasteiger partial charge in [0.05, 0.1) is 22.6 Å². The highest BCUT2D eigenvalue weighted by molar-refractivity contribution is 7.98. The lowest BCUT2D eigenvalue weighted by Gasteiger charge is -2.27. The number of nitrogens with one attached hydrogen (secondary N) is 1. The fourth-order valence-corrected chi connectivity index (χ4v) is 2.73. The van der Waals surface area contributed by atoms with Crippen molar-refractivity contribution in [3.63, 3.8) is 0 Å². The summed E-state index contributed by atoms with van der Waals surface area (Å²) in [5.41, 5.74) is 3.35. The van der Waals surface area contributed by atoms with Crippen molar-refractivity contribution in [2.75, 3.05) is 12.8 Å². The fraction of sp³-hybridized carbons (Fsp3) is 0.417. The molecule has 0 unspecified atom stereocenters. The zero-order chi connectivity index (χ0) is 13.2. The first kappa shape index (κ1) is 12.9. The van der Waals surface area contributed by atoms with E-state index in [1.807, 2.05) is 12.5 Å². The van der Waals surface area contributed by atoms with Crippen LogP contribution in [0.4, 0.5) is 0 Å². The minimum absolute atomic E-state index is 0.694. The minimum Gasteiger partial charge on any atom is -0.293 e. The molecule has 0 aromatic carbocycles. The lowest BCUT2D eigenvalue weighted by atomic mass is 10.1. The first-order chi connectivity index (χ1) is 9.26. The number of fused-ring (bicyclic) bond motifs is 1. The normalized spacial score (nSPS) is 15.5. The third kappa shape index (κ3) is 2.75. The van der Waals surface area contributed by atoms with Crippen LogP contribution in [0.2, 0.25) is 5.02 Å². The molecule has 2 aromatic heterocycles. The zero-order valence-corrected chi connectivity index (χ0v) is 12.1. The molecule has 0 aliphatic carbocycles. The summed E-state index contributed by atoms with van der Waals surface area (Å²) in [6, 6.07) is 0. The van der Waals surface area contributed by atoms with Gasteiger partial charge in [-0.3, -0.25) is 10.00 Å². The minimum atomic E-state index is 0.694. The maximum Gasteiger partial charge on any atom is 0.187 e. The Morgan fingerprint density at radius 2 is 2.37 bits per heavy atom. The van der Waals surface area contributed by atoms with E-state index in [-0.39, 0.29) is 0 Å². The molecule has 0 bridgehead atoms. The molecule has 19 heavy (non-hydrogen) atoms. The van der Waals surface area contributed by atoms with E-state index >= 15 is 0 Å². The van der Waals surface area contributed by atoms with Crippen molar-refractivity contribution in [1.82, 2.24) is 25.1 Å². The van der Waals surface area contributed by atoms with Gasteiger partial charge in [-0.2, -0.15) is 5.10 Å². The van der Waals surface area contributed by atoms with Gasteiger partial charge in [-0.05, 0) is 6.26 Å². The third-order valence-corrected chi connectivity index (χ3v) is 4.11. The van der Waals surface area contributed by atoms with Crippen molar-refractivity contribution in [3.05, 3.63) is 34.4 Å². The van der Waals surface area contributed by atoms with Gasteiger partial charge in [-0.25, -0.2) is 9.97 Å². The van der Waals surface area contributed by atoms with Gasteiger partial charge < -0.3 is 0 Å². The third-order valence-electron chi connectivity index (χ3n) is 3.22. The van der Waals surface area contributed by atoms with E-state index in [4.69, 9.17) is 11.6 Å². The Labute approximate surface area is 120 Å². The highest BCUT2D eigenvalue weighted by atomic mass is 35.5. The van der Waals surface area contributed by atoms with Crippen LogP contribution in [-0.4, -0.2) is 37.9 Å². The highest BCUT2D eigenvalue weighted by Crippen LogP contribution is 2.22. The maximum absolute atomic E-state index is 6.05. The van der Waals surface area contributed by atoms with E-state index in [9.17, 15) is 0 Å². The van der Waals surface area contributed by atoms with Crippen LogP contribution in [0.15, 0.2) is 17.6 Å². The van der Waals surface area contributed by atoms with Gasteiger partial charge in [0.25, 0.3) is 0 Å². The molecule has 0 atom stereocenters. The number of hydrogen-bond donors (Lipinski definition) is 1. The smallest absolute Gasteiger partial charge is 0.187 e. The van der Waals surface area contributed by atoms with Crippen LogP contribution in [0.5, 0.6) is 0 Å². The molecular formula is C12H14ClN5S. The molecule has 5 nitrogen and oxygen atoms in total. The zero-order valence-electron chi connectivity index (χ0n) is 10.6. The Balaban J connectivity index is 1.74. The average Bonchev–Trinajstić information content (AvgIpc) is 2.84. The summed E-state index contributed by atoms with van der Waals surface area (Å²) in [6.45, 7) is 2.62.